The molecule has 1 atom stereocenters. The summed E-state index contributed by atoms with van der Waals surface area (Å²) in [5.41, 5.74) is 1.52. The van der Waals surface area contributed by atoms with E-state index in [9.17, 15) is 14.4 Å². The van der Waals surface area contributed by atoms with Gasteiger partial charge in [0.25, 0.3) is 11.5 Å². The van der Waals surface area contributed by atoms with Crippen molar-refractivity contribution in [1.82, 2.24) is 20.1 Å². The minimum absolute atomic E-state index is 0.129. The summed E-state index contributed by atoms with van der Waals surface area (Å²) in [5.74, 6) is 0.143. The molecule has 9 nitrogen and oxygen atoms in total. The lowest BCUT2D eigenvalue weighted by molar-refractivity contribution is -0.120. The van der Waals surface area contributed by atoms with Crippen molar-refractivity contribution in [2.45, 2.75) is 26.3 Å². The van der Waals surface area contributed by atoms with Crippen molar-refractivity contribution in [2.75, 3.05) is 19.0 Å². The van der Waals surface area contributed by atoms with Crippen LogP contribution in [0, 0.1) is 0 Å². The molecule has 2 amide bonds. The van der Waals surface area contributed by atoms with Gasteiger partial charge in [0.1, 0.15) is 11.8 Å². The maximum atomic E-state index is 12.7. The summed E-state index contributed by atoms with van der Waals surface area (Å²) >= 11 is 1.21. The molecule has 2 heterocycles. The van der Waals surface area contributed by atoms with E-state index in [1.165, 1.54) is 17.4 Å². The van der Waals surface area contributed by atoms with Gasteiger partial charge < -0.3 is 15.4 Å². The van der Waals surface area contributed by atoms with Gasteiger partial charge in [-0.05, 0) is 44.2 Å². The number of benzene rings is 1. The van der Waals surface area contributed by atoms with Crippen LogP contribution in [0.15, 0.2) is 46.6 Å². The summed E-state index contributed by atoms with van der Waals surface area (Å²) in [6.07, 6.45) is 0.129. The number of nitrogens with one attached hydrogen (secondary N) is 2. The maximum absolute atomic E-state index is 12.7. The van der Waals surface area contributed by atoms with Gasteiger partial charge in [0.05, 0.1) is 24.4 Å². The first-order chi connectivity index (χ1) is 14.9. The lowest BCUT2D eigenvalue weighted by Crippen LogP contribution is -2.33. The van der Waals surface area contributed by atoms with Crippen LogP contribution in [0.3, 0.4) is 0 Å². The lowest BCUT2D eigenvalue weighted by atomic mass is 10.1. The zero-order valence-electron chi connectivity index (χ0n) is 17.4. The molecule has 0 spiro atoms. The number of aromatic nitrogens is 3. The molecule has 0 aliphatic carbocycles. The standard InChI is InChI=1S/C21H23N5O4S/c1-4-30-16-7-5-14(6-8-16)17-9-10-19(28)26(25-17)13(2)20(29)24-21-23-15(12-31-21)11-18(27)22-3/h5-10,12-13H,4,11H2,1-3H3,(H,22,27)(H,23,24,29). The molecule has 0 fully saturated rings. The van der Waals surface area contributed by atoms with Gasteiger partial charge in [-0.2, -0.15) is 5.10 Å². The molecule has 3 aromatic rings. The van der Waals surface area contributed by atoms with E-state index in [-0.39, 0.29) is 12.3 Å². The van der Waals surface area contributed by atoms with E-state index in [2.05, 4.69) is 20.7 Å². The summed E-state index contributed by atoms with van der Waals surface area (Å²) in [5, 5.41) is 11.6. The second kappa shape index (κ2) is 9.98. The van der Waals surface area contributed by atoms with Gasteiger partial charge in [-0.1, -0.05) is 0 Å². The van der Waals surface area contributed by atoms with E-state index < -0.39 is 17.5 Å². The van der Waals surface area contributed by atoms with Crippen LogP contribution in [0.1, 0.15) is 25.6 Å². The van der Waals surface area contributed by atoms with Gasteiger partial charge in [-0.25, -0.2) is 9.67 Å². The highest BCUT2D eigenvalue weighted by Crippen LogP contribution is 2.21. The van der Waals surface area contributed by atoms with Crippen LogP contribution in [0.25, 0.3) is 11.3 Å². The van der Waals surface area contributed by atoms with E-state index in [4.69, 9.17) is 4.74 Å². The Kier molecular flexibility index (Phi) is 7.14. The zero-order chi connectivity index (χ0) is 22.4. The van der Waals surface area contributed by atoms with Crippen LogP contribution in [-0.4, -0.2) is 40.2 Å². The van der Waals surface area contributed by atoms with E-state index in [0.717, 1.165) is 16.0 Å². The Bertz CT molecular complexity index is 1120. The molecule has 2 aromatic heterocycles. The number of hydrogen-bond acceptors (Lipinski definition) is 7. The van der Waals surface area contributed by atoms with Gasteiger partial charge in [-0.3, -0.25) is 14.4 Å². The molecule has 0 bridgehead atoms. The van der Waals surface area contributed by atoms with E-state index >= 15 is 0 Å². The minimum atomic E-state index is -0.860. The number of amides is 2. The van der Waals surface area contributed by atoms with Crippen LogP contribution in [-0.2, 0) is 16.0 Å². The lowest BCUT2D eigenvalue weighted by Gasteiger charge is -2.14. The van der Waals surface area contributed by atoms with Gasteiger partial charge in [-0.15, -0.1) is 11.3 Å². The van der Waals surface area contributed by atoms with Crippen LogP contribution in [0.4, 0.5) is 5.13 Å². The predicted octanol–water partition coefficient (Wildman–Crippen LogP) is 2.25. The van der Waals surface area contributed by atoms with Crippen molar-refractivity contribution in [2.24, 2.45) is 0 Å². The third-order valence-electron chi connectivity index (χ3n) is 4.43. The average molecular weight is 442 g/mol. The maximum Gasteiger partial charge on any atom is 0.267 e. The van der Waals surface area contributed by atoms with Crippen molar-refractivity contribution in [1.29, 1.82) is 0 Å². The Hall–Kier alpha value is -3.53. The molecular weight excluding hydrogens is 418 g/mol. The summed E-state index contributed by atoms with van der Waals surface area (Å²) in [7, 11) is 1.55. The topological polar surface area (TPSA) is 115 Å². The van der Waals surface area contributed by atoms with E-state index in [1.54, 1.807) is 25.4 Å². The highest BCUT2D eigenvalue weighted by atomic mass is 32.1. The van der Waals surface area contributed by atoms with Crippen molar-refractivity contribution in [3.8, 4) is 17.0 Å². The van der Waals surface area contributed by atoms with Crippen LogP contribution >= 0.6 is 11.3 Å². The number of thiazole rings is 1. The Labute approximate surface area is 183 Å². The molecule has 162 valence electrons. The molecule has 0 radical (unpaired) electrons. The van der Waals surface area contributed by atoms with Crippen molar-refractivity contribution in [3.63, 3.8) is 0 Å². The minimum Gasteiger partial charge on any atom is -0.494 e. The Balaban J connectivity index is 1.75. The summed E-state index contributed by atoms with van der Waals surface area (Å²) in [6.45, 7) is 4.07. The predicted molar refractivity (Wildman–Crippen MR) is 118 cm³/mol. The largest absolute Gasteiger partial charge is 0.494 e. The van der Waals surface area contributed by atoms with Crippen molar-refractivity contribution >= 4 is 28.3 Å². The second-order valence-electron chi connectivity index (χ2n) is 6.62. The molecule has 0 aliphatic heterocycles. The van der Waals surface area contributed by atoms with E-state index in [0.29, 0.717) is 23.1 Å². The molecule has 0 aliphatic rings. The fraction of sp³-hybridized carbons (Fsp3) is 0.286. The monoisotopic (exact) mass is 441 g/mol. The van der Waals surface area contributed by atoms with Gasteiger partial charge in [0, 0.05) is 24.1 Å². The van der Waals surface area contributed by atoms with Crippen LogP contribution in [0.2, 0.25) is 0 Å². The quantitative estimate of drug-likeness (QED) is 0.554. The van der Waals surface area contributed by atoms with Crippen LogP contribution in [0.5, 0.6) is 5.75 Å². The third-order valence-corrected chi connectivity index (χ3v) is 5.24. The van der Waals surface area contributed by atoms with E-state index in [1.807, 2.05) is 31.2 Å². The van der Waals surface area contributed by atoms with Gasteiger partial charge in [0.2, 0.25) is 5.91 Å². The fourth-order valence-corrected chi connectivity index (χ4v) is 3.48. The van der Waals surface area contributed by atoms with Crippen molar-refractivity contribution < 1.29 is 14.3 Å². The number of carbonyl (C=O) groups excluding carboxylic acids is 2. The SMILES string of the molecule is CCOc1ccc(-c2ccc(=O)n(C(C)C(=O)Nc3nc(CC(=O)NC)cs3)n2)cc1. The highest BCUT2D eigenvalue weighted by molar-refractivity contribution is 7.13. The first-order valence-corrected chi connectivity index (χ1v) is 10.6. The highest BCUT2D eigenvalue weighted by Gasteiger charge is 2.20. The molecular formula is C21H23N5O4S. The third kappa shape index (κ3) is 5.54. The number of nitrogens with zero attached hydrogens (tertiary/aromatic N) is 3. The number of ether oxygens (including phenoxy) is 1. The fourth-order valence-electron chi connectivity index (χ4n) is 2.76. The Morgan fingerprint density at radius 1 is 1.19 bits per heavy atom. The molecule has 1 aromatic carbocycles. The molecule has 10 heteroatoms. The number of hydrogen-bond donors (Lipinski definition) is 2. The number of anilines is 1. The van der Waals surface area contributed by atoms with Gasteiger partial charge in [0.15, 0.2) is 5.13 Å². The molecule has 0 saturated carbocycles. The van der Waals surface area contributed by atoms with Crippen LogP contribution < -0.4 is 20.9 Å². The first kappa shape index (κ1) is 22.2. The van der Waals surface area contributed by atoms with Gasteiger partial charge >= 0.3 is 0 Å². The molecule has 0 saturated heterocycles. The molecule has 3 rings (SSSR count). The molecule has 1 unspecified atom stereocenters. The summed E-state index contributed by atoms with van der Waals surface area (Å²) < 4.78 is 6.58. The smallest absolute Gasteiger partial charge is 0.267 e. The Morgan fingerprint density at radius 2 is 1.94 bits per heavy atom. The second-order valence-corrected chi connectivity index (χ2v) is 7.48. The molecule has 31 heavy (non-hydrogen) atoms. The summed E-state index contributed by atoms with van der Waals surface area (Å²) in [6, 6.07) is 9.47. The Morgan fingerprint density at radius 3 is 2.61 bits per heavy atom. The average Bonchev–Trinajstić information content (AvgIpc) is 3.20. The first-order valence-electron chi connectivity index (χ1n) is 9.70. The van der Waals surface area contributed by atoms with Crippen molar-refractivity contribution in [3.05, 3.63) is 57.8 Å². The number of rotatable bonds is 8. The normalized spacial score (nSPS) is 11.6. The number of carbonyl (C=O) groups is 2. The summed E-state index contributed by atoms with van der Waals surface area (Å²) in [4.78, 5) is 40.7. The number of likely N-dealkylation sites (N-methyl/N-ethyl adjacent to an activating group) is 1. The zero-order valence-corrected chi connectivity index (χ0v) is 18.2. The molecule has 2 N–H and O–H groups in total.